The number of piperidine rings is 1. The van der Waals surface area contributed by atoms with Crippen LogP contribution in [0.4, 0.5) is 5.69 Å². The van der Waals surface area contributed by atoms with Crippen molar-refractivity contribution in [2.45, 2.75) is 163 Å². The van der Waals surface area contributed by atoms with Crippen molar-refractivity contribution in [3.63, 3.8) is 0 Å². The SMILES string of the molecule is CCC(COC(=O)CCCC(=O)N[C@H](C)C(=O)OCCCNC(=O)[C@]1(O)C2N(C)c3cc(OC)c([C@@]4(C(=O)OC)C[C@@H]5C[N@](CCC6=C4Cc4ccccc46)CC(O)(CC)C5)cc3[C@@]23CCN2CC=C[C@](CC)(C23)[C@H]1O)OC(CO)OC. The van der Waals surface area contributed by atoms with Gasteiger partial charge in [-0.1, -0.05) is 57.2 Å². The van der Waals surface area contributed by atoms with Crippen LogP contribution in [0.1, 0.15) is 121 Å². The topological polar surface area (TPSA) is 255 Å². The van der Waals surface area contributed by atoms with Crippen molar-refractivity contribution in [1.29, 1.82) is 0 Å². The lowest BCUT2D eigenvalue weighted by Crippen LogP contribution is -2.81. The Labute approximate surface area is 481 Å². The number of nitrogens with one attached hydrogen (secondary N) is 2. The summed E-state index contributed by atoms with van der Waals surface area (Å²) < 4.78 is 33.8. The lowest BCUT2D eigenvalue weighted by Gasteiger charge is -2.63. The van der Waals surface area contributed by atoms with Crippen LogP contribution in [0.5, 0.6) is 5.75 Å². The highest BCUT2D eigenvalue weighted by molar-refractivity contribution is 5.96. The van der Waals surface area contributed by atoms with Crippen molar-refractivity contribution in [3.8, 4) is 5.75 Å². The fourth-order valence-electron chi connectivity index (χ4n) is 15.8. The summed E-state index contributed by atoms with van der Waals surface area (Å²) in [5.74, 6) is -2.54. The van der Waals surface area contributed by atoms with Gasteiger partial charge in [0.25, 0.3) is 5.91 Å². The van der Waals surface area contributed by atoms with Crippen molar-refractivity contribution in [2.24, 2.45) is 11.3 Å². The van der Waals surface area contributed by atoms with E-state index in [0.29, 0.717) is 101 Å². The number of carbonyl (C=O) groups excluding carboxylic acids is 5. The summed E-state index contributed by atoms with van der Waals surface area (Å²) in [6, 6.07) is 10.0. The van der Waals surface area contributed by atoms with E-state index >= 15 is 9.59 Å². The molecule has 2 amide bonds. The van der Waals surface area contributed by atoms with Gasteiger partial charge in [-0.15, -0.1) is 0 Å². The van der Waals surface area contributed by atoms with E-state index in [1.807, 2.05) is 63.1 Å². The predicted octanol–water partition coefficient (Wildman–Crippen LogP) is 3.60. The van der Waals surface area contributed by atoms with Gasteiger partial charge in [0.2, 0.25) is 5.91 Å². The molecule has 1 saturated carbocycles. The second-order valence-corrected chi connectivity index (χ2v) is 24.0. The molecule has 6 N–H and O–H groups in total. The number of ether oxygens (including phenoxy) is 6. The molecule has 13 atom stereocenters. The molecule has 20 heteroatoms. The number of carbonyl (C=O) groups is 5. The molecule has 5 heterocycles. The Morgan fingerprint density at radius 1 is 0.927 bits per heavy atom. The van der Waals surface area contributed by atoms with Gasteiger partial charge in [0.05, 0.1) is 45.2 Å². The molecule has 2 aromatic carbocycles. The third-order valence-electron chi connectivity index (χ3n) is 19.6. The van der Waals surface area contributed by atoms with Gasteiger partial charge in [0.1, 0.15) is 29.9 Å². The number of benzene rings is 2. The van der Waals surface area contributed by atoms with E-state index in [9.17, 15) is 34.8 Å². The van der Waals surface area contributed by atoms with Crippen molar-refractivity contribution in [2.75, 3.05) is 92.4 Å². The summed E-state index contributed by atoms with van der Waals surface area (Å²) in [7, 11) is 6.28. The molecule has 7 aliphatic rings. The maximum Gasteiger partial charge on any atom is 0.328 e. The number of nitrogens with zero attached hydrogens (tertiary/aromatic N) is 3. The predicted molar refractivity (Wildman–Crippen MR) is 303 cm³/mol. The molecule has 1 spiro atoms. The minimum atomic E-state index is -2.41. The quantitative estimate of drug-likeness (QED) is 0.0306. The molecule has 2 aliphatic carbocycles. The van der Waals surface area contributed by atoms with Gasteiger partial charge in [-0.3, -0.25) is 29.0 Å². The zero-order valence-corrected chi connectivity index (χ0v) is 49.1. The summed E-state index contributed by atoms with van der Waals surface area (Å²) in [4.78, 5) is 75.6. The van der Waals surface area contributed by atoms with Crippen molar-refractivity contribution in [1.82, 2.24) is 20.4 Å². The lowest BCUT2D eigenvalue weighted by atomic mass is 9.47. The van der Waals surface area contributed by atoms with Crippen LogP contribution in [0.15, 0.2) is 54.1 Å². The zero-order valence-electron chi connectivity index (χ0n) is 49.1. The van der Waals surface area contributed by atoms with Crippen LogP contribution >= 0.6 is 0 Å². The van der Waals surface area contributed by atoms with Gasteiger partial charge in [-0.05, 0) is 117 Å². The van der Waals surface area contributed by atoms with Gasteiger partial charge in [0.15, 0.2) is 11.9 Å². The number of aliphatic hydroxyl groups is 4. The van der Waals surface area contributed by atoms with Gasteiger partial charge >= 0.3 is 17.9 Å². The number of fused-ring (bicyclic) bond motifs is 5. The molecular formula is C62H87N5O15. The maximum atomic E-state index is 15.6. The Kier molecular flexibility index (Phi) is 18.4. The van der Waals surface area contributed by atoms with Crippen LogP contribution in [0, 0.1) is 11.3 Å². The molecule has 20 nitrogen and oxygen atoms in total. The number of anilines is 1. The summed E-state index contributed by atoms with van der Waals surface area (Å²) in [5, 5.41) is 53.6. The first kappa shape index (κ1) is 61.1. The molecule has 0 radical (unpaired) electrons. The summed E-state index contributed by atoms with van der Waals surface area (Å²) >= 11 is 0. The van der Waals surface area contributed by atoms with E-state index in [4.69, 9.17) is 28.4 Å². The molecule has 0 aromatic heterocycles. The molecule has 2 bridgehead atoms. The first-order chi connectivity index (χ1) is 39.3. The average molecular weight is 1140 g/mol. The number of hydrogen-bond donors (Lipinski definition) is 6. The lowest BCUT2D eigenvalue weighted by molar-refractivity contribution is -0.203. The largest absolute Gasteiger partial charge is 0.496 e. The highest BCUT2D eigenvalue weighted by Crippen LogP contribution is 2.68. The molecule has 2 saturated heterocycles. The van der Waals surface area contributed by atoms with Crippen LogP contribution in [0.2, 0.25) is 0 Å². The van der Waals surface area contributed by atoms with E-state index in [1.165, 1.54) is 21.1 Å². The molecule has 5 aliphatic heterocycles. The van der Waals surface area contributed by atoms with Gasteiger partial charge in [0, 0.05) is 93.9 Å². The van der Waals surface area contributed by atoms with Crippen molar-refractivity contribution >= 4 is 41.0 Å². The van der Waals surface area contributed by atoms with E-state index in [-0.39, 0.29) is 64.0 Å². The standard InChI is InChI=1S/C62H87N5O15/c1-9-41(82-51(35-68)78-7)36-81-50(70)20-14-19-49(69)64-38(4)52(71)80-28-16-24-63-56(73)62(76)54-60(23-27-67-25-15-22-59(11-3,53(60)67)55(62)72)45-30-46(48(77-6)31-47(45)65(54)5)61(57(74)79-8)33-39-32-58(75,10-2)37-66(34-39)26-21-43-42-18-13-12-17-40(42)29-44(43)61/h12-13,15,17-18,22,30-31,38-39,41,51,53-55,68,72,75-76H,9-11,14,16,19-21,23-29,32-37H2,1-8H3,(H,63,73)(H,64,69)/t38-,39-,41?,51?,53?,54?,55-,58?,59-,60-,61-,62+/m1/s1. The highest BCUT2D eigenvalue weighted by Gasteiger charge is 2.78. The average Bonchev–Trinajstić information content (AvgIpc) is 1.54. The van der Waals surface area contributed by atoms with E-state index in [2.05, 4.69) is 38.6 Å². The number of esters is 3. The fraction of sp³-hybridized carbons (Fsp3) is 0.661. The minimum Gasteiger partial charge on any atom is -0.496 e. The van der Waals surface area contributed by atoms with Gasteiger partial charge in [-0.2, -0.15) is 0 Å². The van der Waals surface area contributed by atoms with Crippen LogP contribution in [-0.4, -0.2) is 195 Å². The first-order valence-corrected chi connectivity index (χ1v) is 29.6. The molecular weight excluding hydrogens is 1050 g/mol. The van der Waals surface area contributed by atoms with Crippen LogP contribution in [0.3, 0.4) is 0 Å². The van der Waals surface area contributed by atoms with Crippen LogP contribution < -0.4 is 20.3 Å². The second-order valence-electron chi connectivity index (χ2n) is 24.0. The number of aliphatic hydroxyl groups excluding tert-OH is 2. The third kappa shape index (κ3) is 10.5. The highest BCUT2D eigenvalue weighted by atomic mass is 16.7. The number of likely N-dealkylation sites (N-methyl/N-ethyl adjacent to an activating group) is 1. The second kappa shape index (κ2) is 24.6. The van der Waals surface area contributed by atoms with E-state index in [1.54, 1.807) is 7.11 Å². The number of amides is 2. The molecule has 2 aromatic rings. The van der Waals surface area contributed by atoms with Gasteiger partial charge < -0.3 is 64.4 Å². The first-order valence-electron chi connectivity index (χ1n) is 29.6. The molecule has 450 valence electrons. The van der Waals surface area contributed by atoms with Crippen molar-refractivity contribution < 1.29 is 72.8 Å². The Balaban J connectivity index is 0.957. The third-order valence-corrected chi connectivity index (χ3v) is 19.6. The molecule has 82 heavy (non-hydrogen) atoms. The number of methoxy groups -OCH3 is 3. The molecule has 5 unspecified atom stereocenters. The normalized spacial score (nSPS) is 31.6. The monoisotopic (exact) mass is 1140 g/mol. The fourth-order valence-corrected chi connectivity index (χ4v) is 15.8. The Bertz CT molecular complexity index is 2790. The minimum absolute atomic E-state index is 0.0242. The summed E-state index contributed by atoms with van der Waals surface area (Å²) in [5.41, 5.74) is -0.324. The Morgan fingerprint density at radius 2 is 1.71 bits per heavy atom. The number of rotatable bonds is 23. The Morgan fingerprint density at radius 3 is 2.41 bits per heavy atom. The maximum absolute atomic E-state index is 15.6. The number of hydrogen-bond acceptors (Lipinski definition) is 18. The van der Waals surface area contributed by atoms with E-state index in [0.717, 1.165) is 27.8 Å². The summed E-state index contributed by atoms with van der Waals surface area (Å²) in [6.45, 7) is 9.96. The van der Waals surface area contributed by atoms with E-state index < -0.39 is 87.8 Å². The molecule has 9 rings (SSSR count). The Hall–Kier alpha value is -5.45. The zero-order chi connectivity index (χ0) is 58.9. The summed E-state index contributed by atoms with van der Waals surface area (Å²) in [6.07, 6.45) is 5.40. The van der Waals surface area contributed by atoms with Crippen molar-refractivity contribution in [3.05, 3.63) is 76.4 Å². The van der Waals surface area contributed by atoms with Crippen LogP contribution in [0.25, 0.3) is 5.57 Å². The smallest absolute Gasteiger partial charge is 0.328 e. The van der Waals surface area contributed by atoms with Gasteiger partial charge in [-0.25, -0.2) is 4.79 Å². The molecule has 3 fully saturated rings. The van der Waals surface area contributed by atoms with Crippen LogP contribution in [-0.2, 0) is 64.9 Å².